The molecule has 12 aromatic rings. The molecule has 3 aliphatic rings. The lowest BCUT2D eigenvalue weighted by Gasteiger charge is -2.28. The topological polar surface area (TPSA) is 32.8 Å². The van der Waals surface area contributed by atoms with Crippen LogP contribution in [-0.4, -0.2) is 0 Å². The summed E-state index contributed by atoms with van der Waals surface area (Å²) in [4.78, 5) is 4.85. The van der Waals surface area contributed by atoms with Crippen LogP contribution in [0.1, 0.15) is 110 Å². The van der Waals surface area contributed by atoms with E-state index in [1.165, 1.54) is 128 Å². The van der Waals surface area contributed by atoms with Crippen molar-refractivity contribution >= 4 is 99.5 Å². The lowest BCUT2D eigenvalue weighted by molar-refractivity contribution is 0.643. The molecule has 75 heavy (non-hydrogen) atoms. The average molecular weight is 973 g/mol. The zero-order chi connectivity index (χ0) is 50.1. The summed E-state index contributed by atoms with van der Waals surface area (Å²) < 4.78 is 14.2. The van der Waals surface area contributed by atoms with Gasteiger partial charge < -0.3 is 18.6 Å². The summed E-state index contributed by atoms with van der Waals surface area (Å²) in [6.45, 7) is 9.25. The predicted octanol–water partition coefficient (Wildman–Crippen LogP) is 21.0. The van der Waals surface area contributed by atoms with Gasteiger partial charge in [0.15, 0.2) is 11.2 Å². The van der Waals surface area contributed by atoms with Gasteiger partial charge in [-0.15, -0.1) is 0 Å². The highest BCUT2D eigenvalue weighted by Crippen LogP contribution is 2.54. The van der Waals surface area contributed by atoms with Crippen LogP contribution in [0.4, 0.5) is 34.1 Å². The summed E-state index contributed by atoms with van der Waals surface area (Å²) in [6.07, 6.45) is 10.1. The zero-order valence-corrected chi connectivity index (χ0v) is 43.3. The van der Waals surface area contributed by atoms with Crippen molar-refractivity contribution in [3.05, 3.63) is 215 Å². The molecule has 0 radical (unpaired) electrons. The van der Waals surface area contributed by atoms with Gasteiger partial charge in [0.05, 0.1) is 11.4 Å². The number of hydrogen-bond acceptors (Lipinski definition) is 4. The second-order valence-corrected chi connectivity index (χ2v) is 22.6. The number of benzene rings is 10. The van der Waals surface area contributed by atoms with Crippen LogP contribution in [0, 0.1) is 13.8 Å². The minimum Gasteiger partial charge on any atom is -0.454 e. The summed E-state index contributed by atoms with van der Waals surface area (Å²) >= 11 is 0. The van der Waals surface area contributed by atoms with Gasteiger partial charge in [-0.1, -0.05) is 149 Å². The number of hydrogen-bond donors (Lipinski definition) is 0. The molecule has 0 amide bonds. The van der Waals surface area contributed by atoms with Gasteiger partial charge >= 0.3 is 0 Å². The summed E-state index contributed by atoms with van der Waals surface area (Å²) in [7, 11) is 0. The summed E-state index contributed by atoms with van der Waals surface area (Å²) in [5.41, 5.74) is 20.8. The number of anilines is 6. The standard InChI is InChI=1S/C71H60N2O2/c1-43-17-5-11-29-63(43)72(65-31-15-27-57-55-25-13-23-53(45-19-7-8-20-45)67(55)74-69(57)65)51-35-33-47-39-59-60-40-48-34-36-52(38-50(48)42-62(60)71(3,4)61(59)41-49(47)37-51)73(64-30-12-6-18-44(64)2)66-32-16-28-58-56-26-14-24-54(46-21-9-10-22-46)68(56)75-70(58)66/h5-6,11-18,23-42,45-46H,7-10,19-22H2,1-4H3. The van der Waals surface area contributed by atoms with Crippen LogP contribution in [0.25, 0.3) is 76.5 Å². The van der Waals surface area contributed by atoms with E-state index in [4.69, 9.17) is 8.83 Å². The fraction of sp³-hybridized carbons (Fsp3) is 0.211. The van der Waals surface area contributed by atoms with Crippen molar-refractivity contribution in [2.45, 2.75) is 96.3 Å². The fourth-order valence-electron chi connectivity index (χ4n) is 14.0. The summed E-state index contributed by atoms with van der Waals surface area (Å²) in [5.74, 6) is 1.11. The molecule has 0 N–H and O–H groups in total. The summed E-state index contributed by atoms with van der Waals surface area (Å²) in [6, 6.07) is 68.3. The molecule has 2 saturated carbocycles. The van der Waals surface area contributed by atoms with Crippen LogP contribution in [-0.2, 0) is 5.41 Å². The van der Waals surface area contributed by atoms with Gasteiger partial charge in [-0.25, -0.2) is 0 Å². The van der Waals surface area contributed by atoms with Crippen LogP contribution >= 0.6 is 0 Å². The maximum Gasteiger partial charge on any atom is 0.159 e. The Labute approximate surface area is 438 Å². The zero-order valence-electron chi connectivity index (χ0n) is 43.3. The lowest BCUT2D eigenvalue weighted by Crippen LogP contribution is -2.15. The Kier molecular flexibility index (Phi) is 10.1. The Hall–Kier alpha value is -8.08. The predicted molar refractivity (Wildman–Crippen MR) is 315 cm³/mol. The minimum absolute atomic E-state index is 0.238. The molecule has 4 nitrogen and oxygen atoms in total. The smallest absolute Gasteiger partial charge is 0.159 e. The van der Waals surface area contributed by atoms with Crippen LogP contribution in [0.15, 0.2) is 191 Å². The summed E-state index contributed by atoms with van der Waals surface area (Å²) in [5, 5.41) is 9.65. The number of nitrogens with zero attached hydrogens (tertiary/aromatic N) is 2. The van der Waals surface area contributed by atoms with E-state index in [-0.39, 0.29) is 5.41 Å². The quantitative estimate of drug-likeness (QED) is 0.152. The average Bonchev–Trinajstić information content (AvgIpc) is 4.34. The van der Waals surface area contributed by atoms with Crippen molar-refractivity contribution in [2.24, 2.45) is 0 Å². The number of furan rings is 2. The molecular weight excluding hydrogens is 913 g/mol. The molecule has 0 unspecified atom stereocenters. The molecule has 0 atom stereocenters. The van der Waals surface area contributed by atoms with Crippen LogP contribution in [0.3, 0.4) is 0 Å². The van der Waals surface area contributed by atoms with Gasteiger partial charge in [-0.05, 0) is 190 Å². The van der Waals surface area contributed by atoms with Crippen molar-refractivity contribution in [1.82, 2.24) is 0 Å². The molecule has 366 valence electrons. The highest BCUT2D eigenvalue weighted by Gasteiger charge is 2.37. The van der Waals surface area contributed by atoms with Gasteiger partial charge in [0.25, 0.3) is 0 Å². The Morgan fingerprint density at radius 2 is 0.760 bits per heavy atom. The van der Waals surface area contributed by atoms with E-state index >= 15 is 0 Å². The first-order valence-electron chi connectivity index (χ1n) is 27.5. The third kappa shape index (κ3) is 6.88. The highest BCUT2D eigenvalue weighted by atomic mass is 16.3. The van der Waals surface area contributed by atoms with E-state index in [2.05, 4.69) is 219 Å². The van der Waals surface area contributed by atoms with E-state index in [1.807, 2.05) is 0 Å². The second-order valence-electron chi connectivity index (χ2n) is 22.6. The van der Waals surface area contributed by atoms with Crippen LogP contribution in [0.5, 0.6) is 0 Å². The molecule has 4 heteroatoms. The second kappa shape index (κ2) is 17.0. The lowest BCUT2D eigenvalue weighted by atomic mass is 9.81. The van der Waals surface area contributed by atoms with Crippen LogP contribution in [0.2, 0.25) is 0 Å². The van der Waals surface area contributed by atoms with Crippen molar-refractivity contribution in [2.75, 3.05) is 9.80 Å². The third-order valence-electron chi connectivity index (χ3n) is 17.9. The van der Waals surface area contributed by atoms with E-state index in [0.29, 0.717) is 11.8 Å². The Balaban J connectivity index is 0.843. The number of para-hydroxylation sites is 6. The number of fused-ring (bicyclic) bond motifs is 11. The van der Waals surface area contributed by atoms with Crippen molar-refractivity contribution < 1.29 is 8.83 Å². The number of rotatable bonds is 8. The Bertz CT molecular complexity index is 4020. The Morgan fingerprint density at radius 1 is 0.373 bits per heavy atom. The molecule has 0 aliphatic heterocycles. The molecule has 0 bridgehead atoms. The molecule has 2 aromatic heterocycles. The van der Waals surface area contributed by atoms with Crippen LogP contribution < -0.4 is 9.80 Å². The first kappa shape index (κ1) is 44.4. The van der Waals surface area contributed by atoms with Gasteiger partial charge in [0.2, 0.25) is 0 Å². The van der Waals surface area contributed by atoms with E-state index in [1.54, 1.807) is 0 Å². The van der Waals surface area contributed by atoms with Crippen molar-refractivity contribution in [3.63, 3.8) is 0 Å². The molecule has 2 heterocycles. The van der Waals surface area contributed by atoms with Gasteiger partial charge in [0, 0.05) is 49.7 Å². The van der Waals surface area contributed by atoms with Crippen molar-refractivity contribution in [3.8, 4) is 11.1 Å². The van der Waals surface area contributed by atoms with Gasteiger partial charge in [-0.2, -0.15) is 0 Å². The fourth-order valence-corrected chi connectivity index (χ4v) is 14.0. The molecule has 2 fully saturated rings. The number of aryl methyl sites for hydroxylation is 2. The first-order valence-corrected chi connectivity index (χ1v) is 27.5. The highest BCUT2D eigenvalue weighted by molar-refractivity contribution is 6.13. The molecule has 0 saturated heterocycles. The normalized spacial score (nSPS) is 15.6. The van der Waals surface area contributed by atoms with Gasteiger partial charge in [0.1, 0.15) is 11.2 Å². The molecule has 0 spiro atoms. The van der Waals surface area contributed by atoms with E-state index < -0.39 is 0 Å². The monoisotopic (exact) mass is 972 g/mol. The molecule has 3 aliphatic carbocycles. The van der Waals surface area contributed by atoms with Gasteiger partial charge in [-0.3, -0.25) is 0 Å². The van der Waals surface area contributed by atoms with Crippen molar-refractivity contribution in [1.29, 1.82) is 0 Å². The van der Waals surface area contributed by atoms with E-state index in [0.717, 1.165) is 67.2 Å². The Morgan fingerprint density at radius 3 is 1.19 bits per heavy atom. The molecule has 15 rings (SSSR count). The van der Waals surface area contributed by atoms with E-state index in [9.17, 15) is 0 Å². The maximum absolute atomic E-state index is 7.10. The third-order valence-corrected chi connectivity index (χ3v) is 17.9. The SMILES string of the molecule is Cc1ccccc1N(c1ccc2cc3c(cc2c1)C(C)(C)c1cc2cc(N(c4ccccc4C)c4cccc5c4oc4c(C6CCCC6)cccc45)ccc2cc1-3)c1cccc2c1oc1c(C3CCCC3)cccc12. The molecular formula is C71H60N2O2. The molecule has 10 aromatic carbocycles. The first-order chi connectivity index (χ1) is 36.8. The largest absolute Gasteiger partial charge is 0.454 e. The minimum atomic E-state index is -0.238. The maximum atomic E-state index is 7.10.